The highest BCUT2D eigenvalue weighted by atomic mass is 16.5. The fourth-order valence-corrected chi connectivity index (χ4v) is 4.37. The van der Waals surface area contributed by atoms with Crippen molar-refractivity contribution in [3.63, 3.8) is 0 Å². The molecule has 0 aliphatic carbocycles. The molecule has 0 bridgehead atoms. The van der Waals surface area contributed by atoms with E-state index in [1.807, 2.05) is 30.3 Å². The van der Waals surface area contributed by atoms with Crippen LogP contribution in [0.2, 0.25) is 0 Å². The van der Waals surface area contributed by atoms with E-state index in [1.54, 1.807) is 6.07 Å². The maximum atomic E-state index is 13.1. The van der Waals surface area contributed by atoms with Gasteiger partial charge in [0.1, 0.15) is 17.3 Å². The number of aliphatic hydroxyl groups is 1. The summed E-state index contributed by atoms with van der Waals surface area (Å²) in [6.45, 7) is 4.23. The van der Waals surface area contributed by atoms with Crippen LogP contribution in [0.25, 0.3) is 5.76 Å². The number of amides is 1. The Morgan fingerprint density at radius 3 is 2.48 bits per heavy atom. The molecule has 2 aliphatic rings. The van der Waals surface area contributed by atoms with E-state index in [0.29, 0.717) is 31.9 Å². The molecule has 1 unspecified atom stereocenters. The zero-order valence-electron chi connectivity index (χ0n) is 18.6. The SMILES string of the molecule is COc1ccc(/C(O)=C2\C(=O)C(=O)N(CCCN3CCOCC3)C2c2ccccc2)c(O)c1. The topological polar surface area (TPSA) is 99.5 Å². The van der Waals surface area contributed by atoms with Gasteiger partial charge in [0.05, 0.1) is 37.5 Å². The van der Waals surface area contributed by atoms with E-state index in [1.165, 1.54) is 24.1 Å². The van der Waals surface area contributed by atoms with Crippen LogP contribution in [0.15, 0.2) is 54.1 Å². The molecule has 2 aromatic rings. The highest BCUT2D eigenvalue weighted by molar-refractivity contribution is 6.46. The molecule has 1 atom stereocenters. The Bertz CT molecular complexity index is 1050. The van der Waals surface area contributed by atoms with E-state index >= 15 is 0 Å². The van der Waals surface area contributed by atoms with E-state index in [0.717, 1.165) is 25.2 Å². The van der Waals surface area contributed by atoms with Gasteiger partial charge in [0.25, 0.3) is 11.7 Å². The van der Waals surface area contributed by atoms with Gasteiger partial charge < -0.3 is 24.6 Å². The molecule has 2 saturated heterocycles. The fraction of sp³-hybridized carbons (Fsp3) is 0.360. The largest absolute Gasteiger partial charge is 0.507 e. The Labute approximate surface area is 192 Å². The Kier molecular flexibility index (Phi) is 6.96. The number of ether oxygens (including phenoxy) is 2. The van der Waals surface area contributed by atoms with Crippen LogP contribution in [0.3, 0.4) is 0 Å². The zero-order valence-corrected chi connectivity index (χ0v) is 18.6. The third kappa shape index (κ3) is 4.72. The summed E-state index contributed by atoms with van der Waals surface area (Å²) in [6, 6.07) is 12.8. The van der Waals surface area contributed by atoms with Gasteiger partial charge in [-0.3, -0.25) is 14.5 Å². The van der Waals surface area contributed by atoms with Gasteiger partial charge in [-0.1, -0.05) is 30.3 Å². The van der Waals surface area contributed by atoms with Crippen molar-refractivity contribution < 1.29 is 29.3 Å². The maximum absolute atomic E-state index is 13.1. The number of likely N-dealkylation sites (tertiary alicyclic amines) is 1. The minimum Gasteiger partial charge on any atom is -0.507 e. The van der Waals surface area contributed by atoms with Crippen LogP contribution >= 0.6 is 0 Å². The summed E-state index contributed by atoms with van der Waals surface area (Å²) in [5, 5.41) is 21.5. The van der Waals surface area contributed by atoms with Crippen LogP contribution in [-0.2, 0) is 14.3 Å². The number of aliphatic hydroxyl groups excluding tert-OH is 1. The summed E-state index contributed by atoms with van der Waals surface area (Å²) in [5.41, 5.74) is 0.763. The van der Waals surface area contributed by atoms with Crippen LogP contribution in [0.1, 0.15) is 23.6 Å². The number of benzene rings is 2. The number of phenols is 1. The Morgan fingerprint density at radius 1 is 1.09 bits per heavy atom. The van der Waals surface area contributed by atoms with E-state index in [9.17, 15) is 19.8 Å². The van der Waals surface area contributed by atoms with Crippen molar-refractivity contribution in [2.24, 2.45) is 0 Å². The van der Waals surface area contributed by atoms with E-state index in [2.05, 4.69) is 4.90 Å². The summed E-state index contributed by atoms with van der Waals surface area (Å²) in [4.78, 5) is 29.9. The van der Waals surface area contributed by atoms with Crippen LogP contribution in [0, 0.1) is 0 Å². The highest BCUT2D eigenvalue weighted by Gasteiger charge is 2.46. The highest BCUT2D eigenvalue weighted by Crippen LogP contribution is 2.41. The lowest BCUT2D eigenvalue weighted by atomic mass is 9.95. The number of hydrogen-bond acceptors (Lipinski definition) is 7. The van der Waals surface area contributed by atoms with Gasteiger partial charge in [0, 0.05) is 32.2 Å². The molecule has 2 aromatic carbocycles. The molecule has 2 heterocycles. The minimum atomic E-state index is -0.761. The number of hydrogen-bond donors (Lipinski definition) is 2. The number of Topliss-reactive ketones (excluding diaryl/α,β-unsaturated/α-hetero) is 1. The monoisotopic (exact) mass is 452 g/mol. The standard InChI is InChI=1S/C25H28N2O6/c1-32-18-8-9-19(20(28)16-18)23(29)21-22(17-6-3-2-4-7-17)27(25(31)24(21)30)11-5-10-26-12-14-33-15-13-26/h2-4,6-9,16,22,28-29H,5,10-15H2,1H3/b23-21+. The van der Waals surface area contributed by atoms with Crippen LogP contribution in [0.4, 0.5) is 0 Å². The molecular formula is C25H28N2O6. The molecule has 0 saturated carbocycles. The number of carbonyl (C=O) groups is 2. The summed E-state index contributed by atoms with van der Waals surface area (Å²) >= 11 is 0. The lowest BCUT2D eigenvalue weighted by Gasteiger charge is -2.29. The fourth-order valence-electron chi connectivity index (χ4n) is 4.37. The molecule has 2 aliphatic heterocycles. The Morgan fingerprint density at radius 2 is 1.82 bits per heavy atom. The number of phenolic OH excluding ortho intramolecular Hbond substituents is 1. The predicted octanol–water partition coefficient (Wildman–Crippen LogP) is 2.54. The number of rotatable bonds is 7. The number of ketones is 1. The van der Waals surface area contributed by atoms with Gasteiger partial charge >= 0.3 is 0 Å². The van der Waals surface area contributed by atoms with E-state index in [4.69, 9.17) is 9.47 Å². The van der Waals surface area contributed by atoms with Crippen LogP contribution in [0.5, 0.6) is 11.5 Å². The first kappa shape index (κ1) is 22.8. The van der Waals surface area contributed by atoms with Crippen LogP contribution in [-0.4, -0.2) is 78.2 Å². The molecule has 174 valence electrons. The van der Waals surface area contributed by atoms with E-state index in [-0.39, 0.29) is 16.9 Å². The second-order valence-electron chi connectivity index (χ2n) is 8.09. The van der Waals surface area contributed by atoms with Crippen molar-refractivity contribution in [1.82, 2.24) is 9.80 Å². The lowest BCUT2D eigenvalue weighted by Crippen LogP contribution is -2.38. The zero-order chi connectivity index (χ0) is 23.4. The van der Waals surface area contributed by atoms with Crippen LogP contribution < -0.4 is 4.74 Å². The first-order valence-electron chi connectivity index (χ1n) is 11.0. The average molecular weight is 453 g/mol. The second kappa shape index (κ2) is 10.1. The van der Waals surface area contributed by atoms with Crippen molar-refractivity contribution in [1.29, 1.82) is 0 Å². The Balaban J connectivity index is 1.67. The molecule has 8 heteroatoms. The van der Waals surface area contributed by atoms with Crippen molar-refractivity contribution in [2.75, 3.05) is 46.5 Å². The molecule has 33 heavy (non-hydrogen) atoms. The number of morpholine rings is 1. The third-order valence-electron chi connectivity index (χ3n) is 6.09. The molecule has 2 N–H and O–H groups in total. The van der Waals surface area contributed by atoms with Crippen molar-refractivity contribution >= 4 is 17.4 Å². The van der Waals surface area contributed by atoms with Gasteiger partial charge in [-0.2, -0.15) is 0 Å². The molecular weight excluding hydrogens is 424 g/mol. The molecule has 1 amide bonds. The molecule has 0 spiro atoms. The summed E-state index contributed by atoms with van der Waals surface area (Å²) < 4.78 is 10.5. The van der Waals surface area contributed by atoms with E-state index < -0.39 is 23.5 Å². The average Bonchev–Trinajstić information content (AvgIpc) is 3.10. The van der Waals surface area contributed by atoms with Gasteiger partial charge in [0.2, 0.25) is 0 Å². The first-order chi connectivity index (χ1) is 16.0. The molecule has 2 fully saturated rings. The summed E-state index contributed by atoms with van der Waals surface area (Å²) in [6.07, 6.45) is 0.685. The normalized spacial score (nSPS) is 20.9. The summed E-state index contributed by atoms with van der Waals surface area (Å²) in [5.74, 6) is -1.65. The van der Waals surface area contributed by atoms with Gasteiger partial charge in [-0.15, -0.1) is 0 Å². The smallest absolute Gasteiger partial charge is 0.295 e. The Hall–Kier alpha value is -3.36. The third-order valence-corrected chi connectivity index (χ3v) is 6.09. The maximum Gasteiger partial charge on any atom is 0.295 e. The first-order valence-corrected chi connectivity index (χ1v) is 11.0. The second-order valence-corrected chi connectivity index (χ2v) is 8.09. The van der Waals surface area contributed by atoms with Crippen molar-refractivity contribution in [3.8, 4) is 11.5 Å². The molecule has 4 rings (SSSR count). The predicted molar refractivity (Wildman–Crippen MR) is 122 cm³/mol. The molecule has 0 aromatic heterocycles. The number of aromatic hydroxyl groups is 1. The van der Waals surface area contributed by atoms with Crippen molar-refractivity contribution in [3.05, 3.63) is 65.2 Å². The number of nitrogens with zero attached hydrogens (tertiary/aromatic N) is 2. The van der Waals surface area contributed by atoms with Crippen molar-refractivity contribution in [2.45, 2.75) is 12.5 Å². The number of carbonyl (C=O) groups excluding carboxylic acids is 2. The van der Waals surface area contributed by atoms with Gasteiger partial charge in [-0.25, -0.2) is 0 Å². The van der Waals surface area contributed by atoms with Gasteiger partial charge in [-0.05, 0) is 24.1 Å². The van der Waals surface area contributed by atoms with Gasteiger partial charge in [0.15, 0.2) is 0 Å². The minimum absolute atomic E-state index is 0.0296. The number of methoxy groups -OCH3 is 1. The molecule has 8 nitrogen and oxygen atoms in total. The quantitative estimate of drug-likeness (QED) is 0.378. The molecule has 0 radical (unpaired) electrons. The lowest BCUT2D eigenvalue weighted by molar-refractivity contribution is -0.140. The summed E-state index contributed by atoms with van der Waals surface area (Å²) in [7, 11) is 1.46.